The minimum Gasteiger partial charge on any atom is -0.493 e. The first-order valence-electron chi connectivity index (χ1n) is 6.42. The predicted molar refractivity (Wildman–Crippen MR) is 75.7 cm³/mol. The first kappa shape index (κ1) is 12.4. The maximum Gasteiger partial charge on any atom is 0.142 e. The molecule has 0 amide bonds. The molecule has 2 aromatic rings. The third-order valence-electron chi connectivity index (χ3n) is 3.38. The fourth-order valence-corrected chi connectivity index (χ4v) is 2.31. The number of fused-ring (bicyclic) bond motifs is 1. The number of nitrogens with two attached hydrogens (primary N) is 1. The normalized spacial score (nSPS) is 16.1. The van der Waals surface area contributed by atoms with Gasteiger partial charge >= 0.3 is 0 Å². The highest BCUT2D eigenvalue weighted by Gasteiger charge is 2.24. The molecule has 0 saturated carbocycles. The molecule has 2 aromatic carbocycles. The molecule has 0 saturated heterocycles. The molecule has 0 aromatic heterocycles. The van der Waals surface area contributed by atoms with Crippen molar-refractivity contribution in [3.8, 4) is 17.6 Å². The fourth-order valence-electron chi connectivity index (χ4n) is 2.31. The fraction of sp³-hybridized carbons (Fsp3) is 0.188. The van der Waals surface area contributed by atoms with E-state index in [1.807, 2.05) is 24.3 Å². The number of nitriles is 1. The van der Waals surface area contributed by atoms with E-state index in [9.17, 15) is 0 Å². The predicted octanol–water partition coefficient (Wildman–Crippen LogP) is 2.70. The minimum atomic E-state index is 0.209. The molecule has 1 aliphatic rings. The lowest BCUT2D eigenvalue weighted by Gasteiger charge is -2.13. The van der Waals surface area contributed by atoms with Gasteiger partial charge in [0, 0.05) is 5.56 Å². The molecule has 4 nitrogen and oxygen atoms in total. The van der Waals surface area contributed by atoms with Crippen LogP contribution < -0.4 is 15.2 Å². The van der Waals surface area contributed by atoms with Crippen molar-refractivity contribution in [1.29, 1.82) is 5.26 Å². The molecule has 1 heterocycles. The minimum absolute atomic E-state index is 0.209. The van der Waals surface area contributed by atoms with Crippen LogP contribution in [0.3, 0.4) is 0 Å². The molecule has 3 rings (SSSR count). The SMILES string of the molecule is N#Cc1ccc(OCC2COc3ccccc32)c(N)c1. The number of nitrogens with zero attached hydrogens (tertiary/aromatic N) is 1. The second-order valence-electron chi connectivity index (χ2n) is 4.72. The van der Waals surface area contributed by atoms with E-state index in [0.29, 0.717) is 30.2 Å². The van der Waals surface area contributed by atoms with E-state index < -0.39 is 0 Å². The van der Waals surface area contributed by atoms with Crippen molar-refractivity contribution in [2.24, 2.45) is 0 Å². The van der Waals surface area contributed by atoms with Crippen LogP contribution in [0, 0.1) is 11.3 Å². The van der Waals surface area contributed by atoms with Crippen molar-refractivity contribution < 1.29 is 9.47 Å². The van der Waals surface area contributed by atoms with Gasteiger partial charge in [-0.05, 0) is 24.3 Å². The van der Waals surface area contributed by atoms with Gasteiger partial charge in [-0.2, -0.15) is 5.26 Å². The summed E-state index contributed by atoms with van der Waals surface area (Å²) in [5, 5.41) is 8.80. The van der Waals surface area contributed by atoms with E-state index in [-0.39, 0.29) is 5.92 Å². The summed E-state index contributed by atoms with van der Waals surface area (Å²) in [5.41, 5.74) is 8.05. The Kier molecular flexibility index (Phi) is 3.18. The molecule has 1 aliphatic heterocycles. The second-order valence-corrected chi connectivity index (χ2v) is 4.72. The van der Waals surface area contributed by atoms with Crippen molar-refractivity contribution in [3.05, 3.63) is 53.6 Å². The molecular formula is C16H14N2O2. The molecule has 4 heteroatoms. The Balaban J connectivity index is 1.71. The lowest BCUT2D eigenvalue weighted by atomic mass is 10.0. The topological polar surface area (TPSA) is 68.3 Å². The van der Waals surface area contributed by atoms with Gasteiger partial charge in [-0.1, -0.05) is 18.2 Å². The molecule has 0 fully saturated rings. The number of hydrogen-bond acceptors (Lipinski definition) is 4. The van der Waals surface area contributed by atoms with E-state index in [2.05, 4.69) is 6.07 Å². The average molecular weight is 266 g/mol. The smallest absolute Gasteiger partial charge is 0.142 e. The largest absolute Gasteiger partial charge is 0.493 e. The Morgan fingerprint density at radius 2 is 2.15 bits per heavy atom. The number of benzene rings is 2. The van der Waals surface area contributed by atoms with Gasteiger partial charge in [0.05, 0.1) is 36.5 Å². The van der Waals surface area contributed by atoms with Gasteiger partial charge in [0.15, 0.2) is 0 Å². The van der Waals surface area contributed by atoms with Crippen LogP contribution in [0.4, 0.5) is 5.69 Å². The summed E-state index contributed by atoms with van der Waals surface area (Å²) in [6.45, 7) is 1.13. The molecule has 1 atom stereocenters. The maximum absolute atomic E-state index is 8.80. The molecule has 0 bridgehead atoms. The van der Waals surface area contributed by atoms with Crippen LogP contribution in [-0.2, 0) is 0 Å². The van der Waals surface area contributed by atoms with Crippen LogP contribution in [0.1, 0.15) is 17.0 Å². The Labute approximate surface area is 117 Å². The molecule has 2 N–H and O–H groups in total. The third kappa shape index (κ3) is 2.26. The van der Waals surface area contributed by atoms with E-state index >= 15 is 0 Å². The number of hydrogen-bond donors (Lipinski definition) is 1. The van der Waals surface area contributed by atoms with E-state index in [0.717, 1.165) is 5.75 Å². The van der Waals surface area contributed by atoms with Crippen LogP contribution in [0.15, 0.2) is 42.5 Å². The summed E-state index contributed by atoms with van der Waals surface area (Å²) in [6, 6.07) is 15.1. The zero-order valence-corrected chi connectivity index (χ0v) is 10.9. The number of para-hydroxylation sites is 1. The maximum atomic E-state index is 8.80. The average Bonchev–Trinajstić information content (AvgIpc) is 2.89. The van der Waals surface area contributed by atoms with Gasteiger partial charge in [0.1, 0.15) is 11.5 Å². The van der Waals surface area contributed by atoms with Crippen molar-refractivity contribution in [2.45, 2.75) is 5.92 Å². The van der Waals surface area contributed by atoms with Crippen LogP contribution in [0.5, 0.6) is 11.5 Å². The summed E-state index contributed by atoms with van der Waals surface area (Å²) in [4.78, 5) is 0. The van der Waals surface area contributed by atoms with Crippen LogP contribution >= 0.6 is 0 Å². The van der Waals surface area contributed by atoms with Crippen molar-refractivity contribution in [3.63, 3.8) is 0 Å². The summed E-state index contributed by atoms with van der Waals surface area (Å²) in [5.74, 6) is 1.74. The molecule has 100 valence electrons. The Morgan fingerprint density at radius 1 is 1.30 bits per heavy atom. The van der Waals surface area contributed by atoms with E-state index in [1.54, 1.807) is 18.2 Å². The first-order valence-corrected chi connectivity index (χ1v) is 6.42. The number of ether oxygens (including phenoxy) is 2. The highest BCUT2D eigenvalue weighted by molar-refractivity contribution is 5.56. The molecule has 1 unspecified atom stereocenters. The summed E-state index contributed by atoms with van der Waals surface area (Å²) in [7, 11) is 0. The van der Waals surface area contributed by atoms with Crippen molar-refractivity contribution >= 4 is 5.69 Å². The number of anilines is 1. The summed E-state index contributed by atoms with van der Waals surface area (Å²) in [6.07, 6.45) is 0. The lowest BCUT2D eigenvalue weighted by Crippen LogP contribution is -2.12. The molecule has 0 radical (unpaired) electrons. The monoisotopic (exact) mass is 266 g/mol. The van der Waals surface area contributed by atoms with Crippen LogP contribution in [0.25, 0.3) is 0 Å². The lowest BCUT2D eigenvalue weighted by molar-refractivity contribution is 0.249. The van der Waals surface area contributed by atoms with Gasteiger partial charge in [-0.15, -0.1) is 0 Å². The van der Waals surface area contributed by atoms with Crippen LogP contribution in [-0.4, -0.2) is 13.2 Å². The van der Waals surface area contributed by atoms with Gasteiger partial charge in [0.25, 0.3) is 0 Å². The molecular weight excluding hydrogens is 252 g/mol. The number of nitrogen functional groups attached to an aromatic ring is 1. The third-order valence-corrected chi connectivity index (χ3v) is 3.38. The van der Waals surface area contributed by atoms with E-state index in [4.69, 9.17) is 20.5 Å². The first-order chi connectivity index (χ1) is 9.78. The van der Waals surface area contributed by atoms with Gasteiger partial charge in [0.2, 0.25) is 0 Å². The van der Waals surface area contributed by atoms with Gasteiger partial charge < -0.3 is 15.2 Å². The van der Waals surface area contributed by atoms with Crippen molar-refractivity contribution in [2.75, 3.05) is 18.9 Å². The zero-order valence-electron chi connectivity index (χ0n) is 10.9. The second kappa shape index (κ2) is 5.14. The van der Waals surface area contributed by atoms with E-state index in [1.165, 1.54) is 5.56 Å². The molecule has 0 spiro atoms. The zero-order chi connectivity index (χ0) is 13.9. The highest BCUT2D eigenvalue weighted by Crippen LogP contribution is 2.34. The Morgan fingerprint density at radius 3 is 2.95 bits per heavy atom. The molecule has 0 aliphatic carbocycles. The van der Waals surface area contributed by atoms with Gasteiger partial charge in [-0.25, -0.2) is 0 Å². The van der Waals surface area contributed by atoms with Gasteiger partial charge in [-0.3, -0.25) is 0 Å². The quantitative estimate of drug-likeness (QED) is 0.867. The van der Waals surface area contributed by atoms with Crippen molar-refractivity contribution in [1.82, 2.24) is 0 Å². The summed E-state index contributed by atoms with van der Waals surface area (Å²) >= 11 is 0. The Bertz CT molecular complexity index is 676. The highest BCUT2D eigenvalue weighted by atomic mass is 16.5. The molecule has 20 heavy (non-hydrogen) atoms. The van der Waals surface area contributed by atoms with Crippen LogP contribution in [0.2, 0.25) is 0 Å². The standard InChI is InChI=1S/C16H14N2O2/c17-8-11-5-6-16(14(18)7-11)20-10-12-9-19-15-4-2-1-3-13(12)15/h1-7,12H,9-10,18H2. The number of rotatable bonds is 3. The Hall–Kier alpha value is -2.67. The summed E-state index contributed by atoms with van der Waals surface area (Å²) < 4.78 is 11.4.